The van der Waals surface area contributed by atoms with Crippen LogP contribution >= 0.6 is 11.3 Å². The Morgan fingerprint density at radius 2 is 1.96 bits per heavy atom. The van der Waals surface area contributed by atoms with E-state index in [0.717, 1.165) is 37.7 Å². The number of fused-ring (bicyclic) bond motifs is 1. The highest BCUT2D eigenvalue weighted by atomic mass is 32.1. The van der Waals surface area contributed by atoms with E-state index in [9.17, 15) is 14.9 Å². The molecule has 0 spiro atoms. The Balaban J connectivity index is 1.92. The number of nitrogens with zero attached hydrogens (tertiary/aromatic N) is 2. The fourth-order valence-electron chi connectivity index (χ4n) is 2.80. The second-order valence-corrected chi connectivity index (χ2v) is 7.20. The summed E-state index contributed by atoms with van der Waals surface area (Å²) < 4.78 is 0. The van der Waals surface area contributed by atoms with E-state index in [0.29, 0.717) is 17.1 Å². The van der Waals surface area contributed by atoms with Crippen LogP contribution < -0.4 is 10.6 Å². The van der Waals surface area contributed by atoms with Gasteiger partial charge in [-0.3, -0.25) is 14.5 Å². The SMILES string of the molecule is CCCNC(=O)CN(C)CC(=O)Nc1sc2c(c1C#N)CCCC2. The third-order valence-corrected chi connectivity index (χ3v) is 5.14. The van der Waals surface area contributed by atoms with Crippen molar-refractivity contribution in [1.29, 1.82) is 5.26 Å². The third-order valence-electron chi connectivity index (χ3n) is 3.94. The number of aryl methyl sites for hydroxylation is 1. The maximum atomic E-state index is 12.2. The van der Waals surface area contributed by atoms with Crippen molar-refractivity contribution in [3.63, 3.8) is 0 Å². The van der Waals surface area contributed by atoms with E-state index in [-0.39, 0.29) is 24.9 Å². The quantitative estimate of drug-likeness (QED) is 0.788. The summed E-state index contributed by atoms with van der Waals surface area (Å²) in [5.74, 6) is -0.285. The van der Waals surface area contributed by atoms with Crippen LogP contribution in [0.3, 0.4) is 0 Å². The van der Waals surface area contributed by atoms with Gasteiger partial charge in [0.15, 0.2) is 0 Å². The molecule has 1 aliphatic rings. The second kappa shape index (κ2) is 8.81. The Bertz CT molecular complexity index is 648. The molecule has 1 aromatic heterocycles. The Hall–Kier alpha value is -1.91. The molecule has 6 nitrogen and oxygen atoms in total. The molecule has 0 aliphatic heterocycles. The molecule has 0 saturated heterocycles. The van der Waals surface area contributed by atoms with Crippen LogP contribution in [0.1, 0.15) is 42.2 Å². The lowest BCUT2D eigenvalue weighted by atomic mass is 9.96. The van der Waals surface area contributed by atoms with E-state index in [1.54, 1.807) is 11.9 Å². The Labute approximate surface area is 146 Å². The number of rotatable bonds is 7. The van der Waals surface area contributed by atoms with E-state index >= 15 is 0 Å². The van der Waals surface area contributed by atoms with Crippen molar-refractivity contribution in [2.75, 3.05) is 32.0 Å². The highest BCUT2D eigenvalue weighted by molar-refractivity contribution is 7.16. The first-order valence-electron chi connectivity index (χ1n) is 8.34. The molecule has 0 bridgehead atoms. The number of nitrogens with one attached hydrogen (secondary N) is 2. The summed E-state index contributed by atoms with van der Waals surface area (Å²) in [6.45, 7) is 2.93. The minimum atomic E-state index is -0.198. The lowest BCUT2D eigenvalue weighted by Gasteiger charge is -2.15. The van der Waals surface area contributed by atoms with Gasteiger partial charge in [-0.05, 0) is 44.7 Å². The summed E-state index contributed by atoms with van der Waals surface area (Å²) in [6.07, 6.45) is 5.03. The van der Waals surface area contributed by atoms with Gasteiger partial charge in [-0.25, -0.2) is 0 Å². The molecule has 1 aromatic rings. The Morgan fingerprint density at radius 3 is 2.67 bits per heavy atom. The van der Waals surface area contributed by atoms with E-state index < -0.39 is 0 Å². The number of carbonyl (C=O) groups is 2. The van der Waals surface area contributed by atoms with Gasteiger partial charge in [0, 0.05) is 11.4 Å². The Morgan fingerprint density at radius 1 is 1.25 bits per heavy atom. The highest BCUT2D eigenvalue weighted by Gasteiger charge is 2.22. The molecular weight excluding hydrogens is 324 g/mol. The maximum absolute atomic E-state index is 12.2. The van der Waals surface area contributed by atoms with Gasteiger partial charge in [0.2, 0.25) is 11.8 Å². The van der Waals surface area contributed by atoms with Crippen LogP contribution in [0.4, 0.5) is 5.00 Å². The molecule has 2 amide bonds. The van der Waals surface area contributed by atoms with Crippen molar-refractivity contribution in [3.8, 4) is 6.07 Å². The minimum Gasteiger partial charge on any atom is -0.355 e. The summed E-state index contributed by atoms with van der Waals surface area (Å²) in [5, 5.41) is 15.7. The number of nitriles is 1. The maximum Gasteiger partial charge on any atom is 0.239 e. The van der Waals surface area contributed by atoms with E-state index in [1.807, 2.05) is 6.92 Å². The van der Waals surface area contributed by atoms with Gasteiger partial charge in [0.1, 0.15) is 11.1 Å². The number of carbonyl (C=O) groups excluding carboxylic acids is 2. The van der Waals surface area contributed by atoms with Crippen LogP contribution in [0.25, 0.3) is 0 Å². The van der Waals surface area contributed by atoms with Crippen molar-refractivity contribution in [3.05, 3.63) is 16.0 Å². The van der Waals surface area contributed by atoms with Crippen molar-refractivity contribution in [2.45, 2.75) is 39.0 Å². The van der Waals surface area contributed by atoms with Crippen LogP contribution in [0.2, 0.25) is 0 Å². The number of thiophene rings is 1. The first kappa shape index (κ1) is 18.4. The largest absolute Gasteiger partial charge is 0.355 e. The fourth-order valence-corrected chi connectivity index (χ4v) is 4.06. The minimum absolute atomic E-state index is 0.0866. The van der Waals surface area contributed by atoms with Crippen molar-refractivity contribution >= 4 is 28.2 Å². The molecular formula is C17H24N4O2S. The lowest BCUT2D eigenvalue weighted by molar-refractivity contribution is -0.122. The number of anilines is 1. The monoisotopic (exact) mass is 348 g/mol. The molecule has 0 fully saturated rings. The molecule has 24 heavy (non-hydrogen) atoms. The Kier molecular flexibility index (Phi) is 6.76. The number of hydrogen-bond acceptors (Lipinski definition) is 5. The predicted molar refractivity (Wildman–Crippen MR) is 95.1 cm³/mol. The lowest BCUT2D eigenvalue weighted by Crippen LogP contribution is -2.39. The van der Waals surface area contributed by atoms with Crippen molar-refractivity contribution < 1.29 is 9.59 Å². The smallest absolute Gasteiger partial charge is 0.239 e. The van der Waals surface area contributed by atoms with Gasteiger partial charge in [-0.15, -0.1) is 11.3 Å². The predicted octanol–water partition coefficient (Wildman–Crippen LogP) is 1.90. The molecule has 1 heterocycles. The van der Waals surface area contributed by atoms with Crippen LogP contribution in [-0.4, -0.2) is 43.4 Å². The third kappa shape index (κ3) is 4.79. The highest BCUT2D eigenvalue weighted by Crippen LogP contribution is 2.37. The molecule has 2 N–H and O–H groups in total. The van der Waals surface area contributed by atoms with Crippen LogP contribution in [0, 0.1) is 11.3 Å². The van der Waals surface area contributed by atoms with Gasteiger partial charge in [0.05, 0.1) is 18.7 Å². The normalized spacial score (nSPS) is 13.2. The molecule has 0 radical (unpaired) electrons. The average molecular weight is 348 g/mol. The van der Waals surface area contributed by atoms with E-state index in [4.69, 9.17) is 0 Å². The molecule has 0 aromatic carbocycles. The van der Waals surface area contributed by atoms with Crippen LogP contribution in [0.15, 0.2) is 0 Å². The zero-order valence-electron chi connectivity index (χ0n) is 14.3. The molecule has 130 valence electrons. The summed E-state index contributed by atoms with van der Waals surface area (Å²) >= 11 is 1.51. The van der Waals surface area contributed by atoms with Gasteiger partial charge in [0.25, 0.3) is 0 Å². The standard InChI is InChI=1S/C17H24N4O2S/c1-3-8-19-15(22)10-21(2)11-16(23)20-17-13(9-18)12-6-4-5-7-14(12)24-17/h3-8,10-11H2,1-2H3,(H,19,22)(H,20,23). The summed E-state index contributed by atoms with van der Waals surface area (Å²) in [5.41, 5.74) is 1.72. The average Bonchev–Trinajstić information content (AvgIpc) is 2.89. The molecule has 0 atom stereocenters. The molecule has 2 rings (SSSR count). The van der Waals surface area contributed by atoms with Crippen molar-refractivity contribution in [1.82, 2.24) is 10.2 Å². The van der Waals surface area contributed by atoms with E-state index in [1.165, 1.54) is 16.2 Å². The first-order valence-corrected chi connectivity index (χ1v) is 9.16. The summed E-state index contributed by atoms with van der Waals surface area (Å²) in [4.78, 5) is 26.8. The molecule has 0 saturated carbocycles. The number of amides is 2. The first-order chi connectivity index (χ1) is 11.5. The second-order valence-electron chi connectivity index (χ2n) is 6.10. The van der Waals surface area contributed by atoms with Gasteiger partial charge in [-0.2, -0.15) is 5.26 Å². The van der Waals surface area contributed by atoms with Gasteiger partial charge < -0.3 is 10.6 Å². The summed E-state index contributed by atoms with van der Waals surface area (Å²) in [7, 11) is 1.73. The van der Waals surface area contributed by atoms with Gasteiger partial charge >= 0.3 is 0 Å². The number of likely N-dealkylation sites (N-methyl/N-ethyl adjacent to an activating group) is 1. The summed E-state index contributed by atoms with van der Waals surface area (Å²) in [6, 6.07) is 2.24. The van der Waals surface area contributed by atoms with Gasteiger partial charge in [-0.1, -0.05) is 6.92 Å². The zero-order valence-corrected chi connectivity index (χ0v) is 15.1. The zero-order chi connectivity index (χ0) is 17.5. The molecule has 1 aliphatic carbocycles. The van der Waals surface area contributed by atoms with Crippen molar-refractivity contribution in [2.24, 2.45) is 0 Å². The topological polar surface area (TPSA) is 85.2 Å². The van der Waals surface area contributed by atoms with Crippen LogP contribution in [0.5, 0.6) is 0 Å². The number of hydrogen-bond donors (Lipinski definition) is 2. The van der Waals surface area contributed by atoms with Crippen LogP contribution in [-0.2, 0) is 22.4 Å². The fraction of sp³-hybridized carbons (Fsp3) is 0.588. The van der Waals surface area contributed by atoms with E-state index in [2.05, 4.69) is 16.7 Å². The molecule has 0 unspecified atom stereocenters. The molecule has 7 heteroatoms.